The fraction of sp³-hybridized carbons (Fsp3) is 0.375. The Bertz CT molecular complexity index is 489. The van der Waals surface area contributed by atoms with Crippen LogP contribution in [0.1, 0.15) is 11.1 Å². The van der Waals surface area contributed by atoms with E-state index in [1.807, 2.05) is 0 Å². The van der Waals surface area contributed by atoms with E-state index in [9.17, 15) is 31.1 Å². The lowest BCUT2D eigenvalue weighted by Gasteiger charge is -2.16. The highest BCUT2D eigenvalue weighted by atomic mass is 19.4. The van der Waals surface area contributed by atoms with Gasteiger partial charge in [0.25, 0.3) is 5.56 Å². The maximum absolute atomic E-state index is 12.5. The Morgan fingerprint density at radius 1 is 1.22 bits per heavy atom. The smallest absolute Gasteiger partial charge is 0.404 e. The number of halogens is 6. The molecule has 0 aromatic carbocycles. The lowest BCUT2D eigenvalue weighted by molar-refractivity contribution is -0.276. The number of aliphatic hydroxyl groups excluding tert-OH is 1. The van der Waals surface area contributed by atoms with Gasteiger partial charge in [0, 0.05) is 11.8 Å². The third-order valence-electron chi connectivity index (χ3n) is 1.79. The van der Waals surface area contributed by atoms with Gasteiger partial charge in [-0.15, -0.1) is 13.2 Å². The zero-order valence-electron chi connectivity index (χ0n) is 8.32. The second-order valence-corrected chi connectivity index (χ2v) is 3.05. The summed E-state index contributed by atoms with van der Waals surface area (Å²) in [7, 11) is 0. The van der Waals surface area contributed by atoms with E-state index in [0.29, 0.717) is 6.20 Å². The molecular weight excluding hydrogens is 272 g/mol. The Balaban J connectivity index is 3.52. The summed E-state index contributed by atoms with van der Waals surface area (Å²) in [5.41, 5.74) is -4.77. The van der Waals surface area contributed by atoms with Gasteiger partial charge in [0.2, 0.25) is 0 Å². The Morgan fingerprint density at radius 2 is 1.78 bits per heavy atom. The number of rotatable bonds is 2. The van der Waals surface area contributed by atoms with E-state index in [4.69, 9.17) is 5.11 Å². The Hall–Kier alpha value is -1.71. The van der Waals surface area contributed by atoms with Crippen molar-refractivity contribution in [2.45, 2.75) is 19.1 Å². The number of ether oxygens (including phenoxy) is 1. The summed E-state index contributed by atoms with van der Waals surface area (Å²) < 4.78 is 76.4. The van der Waals surface area contributed by atoms with Crippen molar-refractivity contribution in [1.82, 2.24) is 4.98 Å². The monoisotopic (exact) mass is 277 g/mol. The van der Waals surface area contributed by atoms with Crippen molar-refractivity contribution in [2.24, 2.45) is 0 Å². The first-order valence-corrected chi connectivity index (χ1v) is 4.24. The number of nitrogens with one attached hydrogen (secondary N) is 1. The minimum Gasteiger partial charge on any atom is -0.404 e. The second kappa shape index (κ2) is 4.52. The summed E-state index contributed by atoms with van der Waals surface area (Å²) in [6.45, 7) is -1.16. The van der Waals surface area contributed by atoms with E-state index in [1.54, 1.807) is 4.98 Å². The highest BCUT2D eigenvalue weighted by molar-refractivity contribution is 5.40. The molecule has 4 nitrogen and oxygen atoms in total. The number of aromatic amines is 1. The van der Waals surface area contributed by atoms with Crippen LogP contribution in [0.3, 0.4) is 0 Å². The fourth-order valence-corrected chi connectivity index (χ4v) is 1.16. The summed E-state index contributed by atoms with van der Waals surface area (Å²) in [6, 6.07) is 0. The van der Waals surface area contributed by atoms with Crippen molar-refractivity contribution >= 4 is 0 Å². The van der Waals surface area contributed by atoms with E-state index < -0.39 is 41.6 Å². The van der Waals surface area contributed by atoms with E-state index >= 15 is 0 Å². The van der Waals surface area contributed by atoms with E-state index in [0.717, 1.165) is 0 Å². The van der Waals surface area contributed by atoms with Crippen LogP contribution in [0.15, 0.2) is 11.0 Å². The Kier molecular flexibility index (Phi) is 3.60. The first-order chi connectivity index (χ1) is 8.06. The van der Waals surface area contributed by atoms with Crippen LogP contribution in [-0.4, -0.2) is 16.5 Å². The maximum Gasteiger partial charge on any atom is 0.573 e. The topological polar surface area (TPSA) is 62.3 Å². The predicted molar refractivity (Wildman–Crippen MR) is 44.7 cm³/mol. The summed E-state index contributed by atoms with van der Waals surface area (Å²) in [6.07, 6.45) is -10.3. The molecule has 1 rings (SSSR count). The molecule has 0 spiro atoms. The van der Waals surface area contributed by atoms with Gasteiger partial charge in [0.1, 0.15) is 0 Å². The number of hydrogen-bond donors (Lipinski definition) is 2. The van der Waals surface area contributed by atoms with Gasteiger partial charge >= 0.3 is 12.5 Å². The van der Waals surface area contributed by atoms with Gasteiger partial charge in [-0.05, 0) is 0 Å². The molecule has 0 bridgehead atoms. The fourth-order valence-electron chi connectivity index (χ4n) is 1.16. The third kappa shape index (κ3) is 3.15. The van der Waals surface area contributed by atoms with Crippen LogP contribution in [-0.2, 0) is 12.8 Å². The molecule has 10 heteroatoms. The van der Waals surface area contributed by atoms with Gasteiger partial charge in [-0.2, -0.15) is 13.2 Å². The van der Waals surface area contributed by atoms with Crippen molar-refractivity contribution in [3.8, 4) is 5.75 Å². The molecule has 0 aliphatic heterocycles. The van der Waals surface area contributed by atoms with Crippen LogP contribution >= 0.6 is 0 Å². The van der Waals surface area contributed by atoms with Crippen LogP contribution in [0.5, 0.6) is 5.75 Å². The van der Waals surface area contributed by atoms with Crippen LogP contribution < -0.4 is 10.3 Å². The predicted octanol–water partition coefficient (Wildman–Crippen LogP) is 1.78. The minimum atomic E-state index is -5.42. The van der Waals surface area contributed by atoms with Gasteiger partial charge in [-0.25, -0.2) is 0 Å². The number of aromatic nitrogens is 1. The molecule has 0 radical (unpaired) electrons. The normalized spacial score (nSPS) is 12.6. The Labute approximate surface area is 94.8 Å². The summed E-state index contributed by atoms with van der Waals surface area (Å²) in [4.78, 5) is 12.5. The molecule has 0 aliphatic rings. The first kappa shape index (κ1) is 14.4. The average Bonchev–Trinajstić information content (AvgIpc) is 2.13. The van der Waals surface area contributed by atoms with Gasteiger partial charge < -0.3 is 14.8 Å². The standard InChI is InChI=1S/C8H5F6NO3/c9-7(10,11)4-5(18-8(12,13)14)3(2-16)1-15-6(4)17/h1,16H,2H2,(H,15,17). The zero-order valence-corrected chi connectivity index (χ0v) is 8.32. The lowest BCUT2D eigenvalue weighted by atomic mass is 10.1. The van der Waals surface area contributed by atoms with E-state index in [-0.39, 0.29) is 0 Å². The summed E-state index contributed by atoms with van der Waals surface area (Å²) in [5.74, 6) is -1.75. The van der Waals surface area contributed by atoms with Crippen molar-refractivity contribution in [1.29, 1.82) is 0 Å². The number of hydrogen-bond acceptors (Lipinski definition) is 3. The molecule has 1 heterocycles. The number of alkyl halides is 6. The summed E-state index contributed by atoms with van der Waals surface area (Å²) in [5, 5.41) is 8.66. The largest absolute Gasteiger partial charge is 0.573 e. The van der Waals surface area contributed by atoms with Crippen molar-refractivity contribution in [3.05, 3.63) is 27.7 Å². The van der Waals surface area contributed by atoms with Crippen molar-refractivity contribution < 1.29 is 36.2 Å². The molecule has 0 amide bonds. The quantitative estimate of drug-likeness (QED) is 0.810. The van der Waals surface area contributed by atoms with E-state index in [2.05, 4.69) is 4.74 Å². The molecule has 102 valence electrons. The molecule has 1 aromatic rings. The SMILES string of the molecule is O=c1[nH]cc(CO)c(OC(F)(F)F)c1C(F)(F)F. The van der Waals surface area contributed by atoms with Gasteiger partial charge in [-0.1, -0.05) is 0 Å². The molecule has 2 N–H and O–H groups in total. The molecule has 1 aromatic heterocycles. The van der Waals surface area contributed by atoms with Crippen LogP contribution in [0.2, 0.25) is 0 Å². The molecule has 0 saturated heterocycles. The molecular formula is C8H5F6NO3. The van der Waals surface area contributed by atoms with Crippen LogP contribution in [0, 0.1) is 0 Å². The molecule has 0 aliphatic carbocycles. The molecule has 18 heavy (non-hydrogen) atoms. The zero-order chi connectivity index (χ0) is 14.1. The Morgan fingerprint density at radius 3 is 2.17 bits per heavy atom. The van der Waals surface area contributed by atoms with E-state index in [1.165, 1.54) is 0 Å². The maximum atomic E-state index is 12.5. The summed E-state index contributed by atoms with van der Waals surface area (Å²) >= 11 is 0. The van der Waals surface area contributed by atoms with Gasteiger partial charge in [0.05, 0.1) is 6.61 Å². The lowest BCUT2D eigenvalue weighted by Crippen LogP contribution is -2.27. The van der Waals surface area contributed by atoms with Crippen LogP contribution in [0.4, 0.5) is 26.3 Å². The number of pyridine rings is 1. The first-order valence-electron chi connectivity index (χ1n) is 4.24. The van der Waals surface area contributed by atoms with Crippen LogP contribution in [0.25, 0.3) is 0 Å². The molecule has 0 unspecified atom stereocenters. The third-order valence-corrected chi connectivity index (χ3v) is 1.79. The van der Waals surface area contributed by atoms with Crippen molar-refractivity contribution in [3.63, 3.8) is 0 Å². The highest BCUT2D eigenvalue weighted by Crippen LogP contribution is 2.37. The number of aliphatic hydroxyl groups is 1. The molecule has 0 fully saturated rings. The minimum absolute atomic E-state index is 0.513. The molecule has 0 saturated carbocycles. The highest BCUT2D eigenvalue weighted by Gasteiger charge is 2.43. The van der Waals surface area contributed by atoms with Gasteiger partial charge in [0.15, 0.2) is 11.3 Å². The second-order valence-electron chi connectivity index (χ2n) is 3.05. The number of H-pyrrole nitrogens is 1. The van der Waals surface area contributed by atoms with Crippen molar-refractivity contribution in [2.75, 3.05) is 0 Å². The molecule has 0 atom stereocenters. The average molecular weight is 277 g/mol. The van der Waals surface area contributed by atoms with Gasteiger partial charge in [-0.3, -0.25) is 4.79 Å².